The van der Waals surface area contributed by atoms with Gasteiger partial charge >= 0.3 is 5.97 Å². The molecule has 0 fully saturated rings. The predicted molar refractivity (Wildman–Crippen MR) is 93.3 cm³/mol. The molecule has 4 nitrogen and oxygen atoms in total. The van der Waals surface area contributed by atoms with Gasteiger partial charge in [-0.1, -0.05) is 18.2 Å². The SMILES string of the molecule is CC(C)OC(=O)c1ccc(NC(=S)Nc2ccccc2)cc1. The molecule has 0 bridgehead atoms. The molecule has 0 atom stereocenters. The Labute approximate surface area is 135 Å². The Kier molecular flexibility index (Phi) is 5.49. The maximum Gasteiger partial charge on any atom is 0.338 e. The van der Waals surface area contributed by atoms with Crippen LogP contribution in [-0.4, -0.2) is 17.2 Å². The van der Waals surface area contributed by atoms with Gasteiger partial charge in [-0.3, -0.25) is 0 Å². The Bertz CT molecular complexity index is 639. The molecule has 114 valence electrons. The Hall–Kier alpha value is -2.40. The number of hydrogen-bond acceptors (Lipinski definition) is 3. The maximum atomic E-state index is 11.7. The quantitative estimate of drug-likeness (QED) is 0.658. The summed E-state index contributed by atoms with van der Waals surface area (Å²) in [6.07, 6.45) is -0.132. The van der Waals surface area contributed by atoms with E-state index in [0.717, 1.165) is 11.4 Å². The van der Waals surface area contributed by atoms with Gasteiger partial charge in [0.05, 0.1) is 11.7 Å². The number of anilines is 2. The Morgan fingerprint density at radius 1 is 0.955 bits per heavy atom. The molecule has 0 unspecified atom stereocenters. The molecule has 0 aliphatic rings. The van der Waals surface area contributed by atoms with E-state index in [2.05, 4.69) is 10.6 Å². The van der Waals surface area contributed by atoms with Crippen LogP contribution in [-0.2, 0) is 4.74 Å². The van der Waals surface area contributed by atoms with Crippen LogP contribution in [0.1, 0.15) is 24.2 Å². The van der Waals surface area contributed by atoms with Crippen LogP contribution in [0.15, 0.2) is 54.6 Å². The lowest BCUT2D eigenvalue weighted by Gasteiger charge is -2.11. The fraction of sp³-hybridized carbons (Fsp3) is 0.176. The van der Waals surface area contributed by atoms with Crippen molar-refractivity contribution in [2.75, 3.05) is 10.6 Å². The smallest absolute Gasteiger partial charge is 0.338 e. The number of carbonyl (C=O) groups is 1. The summed E-state index contributed by atoms with van der Waals surface area (Å²) in [4.78, 5) is 11.7. The van der Waals surface area contributed by atoms with E-state index < -0.39 is 0 Å². The van der Waals surface area contributed by atoms with Gasteiger partial charge in [0, 0.05) is 11.4 Å². The first-order valence-corrected chi connectivity index (χ1v) is 7.39. The Balaban J connectivity index is 1.93. The third kappa shape index (κ3) is 4.86. The summed E-state index contributed by atoms with van der Waals surface area (Å²) < 4.78 is 5.14. The highest BCUT2D eigenvalue weighted by Crippen LogP contribution is 2.12. The molecule has 5 heteroatoms. The van der Waals surface area contributed by atoms with E-state index in [0.29, 0.717) is 10.7 Å². The van der Waals surface area contributed by atoms with Crippen molar-refractivity contribution in [1.82, 2.24) is 0 Å². The number of carbonyl (C=O) groups excluding carboxylic acids is 1. The lowest BCUT2D eigenvalue weighted by atomic mass is 10.2. The highest BCUT2D eigenvalue weighted by Gasteiger charge is 2.08. The summed E-state index contributed by atoms with van der Waals surface area (Å²) in [7, 11) is 0. The molecule has 0 saturated carbocycles. The number of benzene rings is 2. The molecule has 2 rings (SSSR count). The zero-order valence-electron chi connectivity index (χ0n) is 12.5. The molecule has 22 heavy (non-hydrogen) atoms. The fourth-order valence-electron chi connectivity index (χ4n) is 1.79. The molecule has 0 heterocycles. The zero-order chi connectivity index (χ0) is 15.9. The molecule has 0 amide bonds. The van der Waals surface area contributed by atoms with Crippen LogP contribution in [0.3, 0.4) is 0 Å². The second-order valence-corrected chi connectivity index (χ2v) is 5.38. The average molecular weight is 314 g/mol. The predicted octanol–water partition coefficient (Wildman–Crippen LogP) is 4.06. The Morgan fingerprint density at radius 3 is 2.05 bits per heavy atom. The summed E-state index contributed by atoms with van der Waals surface area (Å²) >= 11 is 5.25. The van der Waals surface area contributed by atoms with E-state index in [1.165, 1.54) is 0 Å². The van der Waals surface area contributed by atoms with E-state index in [9.17, 15) is 4.79 Å². The van der Waals surface area contributed by atoms with Crippen molar-refractivity contribution in [1.29, 1.82) is 0 Å². The van der Waals surface area contributed by atoms with Gasteiger partial charge in [0.2, 0.25) is 0 Å². The zero-order valence-corrected chi connectivity index (χ0v) is 13.3. The summed E-state index contributed by atoms with van der Waals surface area (Å²) in [5.74, 6) is -0.327. The van der Waals surface area contributed by atoms with E-state index in [1.54, 1.807) is 24.3 Å². The standard InChI is InChI=1S/C17H18N2O2S/c1-12(2)21-16(20)13-8-10-15(11-9-13)19-17(22)18-14-6-4-3-5-7-14/h3-12H,1-2H3,(H2,18,19,22). The van der Waals surface area contributed by atoms with Crippen molar-refractivity contribution in [2.24, 2.45) is 0 Å². The number of nitrogens with one attached hydrogen (secondary N) is 2. The van der Waals surface area contributed by atoms with Crippen LogP contribution in [0, 0.1) is 0 Å². The summed E-state index contributed by atoms with van der Waals surface area (Å²) in [5, 5.41) is 6.64. The lowest BCUT2D eigenvalue weighted by Crippen LogP contribution is -2.19. The number of esters is 1. The van der Waals surface area contributed by atoms with E-state index in [-0.39, 0.29) is 12.1 Å². The molecular weight excluding hydrogens is 296 g/mol. The molecule has 0 saturated heterocycles. The minimum absolute atomic E-state index is 0.132. The van der Waals surface area contributed by atoms with Crippen LogP contribution in [0.25, 0.3) is 0 Å². The molecule has 2 aromatic rings. The van der Waals surface area contributed by atoms with Crippen molar-refractivity contribution in [2.45, 2.75) is 20.0 Å². The van der Waals surface area contributed by atoms with Gasteiger partial charge in [0.1, 0.15) is 0 Å². The average Bonchev–Trinajstić information content (AvgIpc) is 2.48. The van der Waals surface area contributed by atoms with Gasteiger partial charge in [0.15, 0.2) is 5.11 Å². The van der Waals surface area contributed by atoms with Crippen LogP contribution >= 0.6 is 12.2 Å². The molecule has 2 N–H and O–H groups in total. The van der Waals surface area contributed by atoms with Crippen LogP contribution in [0.4, 0.5) is 11.4 Å². The monoisotopic (exact) mass is 314 g/mol. The summed E-state index contributed by atoms with van der Waals surface area (Å²) in [5.41, 5.74) is 2.23. The molecule has 0 aromatic heterocycles. The molecule has 0 spiro atoms. The number of rotatable bonds is 4. The van der Waals surface area contributed by atoms with Crippen molar-refractivity contribution >= 4 is 34.7 Å². The number of hydrogen-bond donors (Lipinski definition) is 2. The largest absolute Gasteiger partial charge is 0.459 e. The van der Waals surface area contributed by atoms with Crippen LogP contribution < -0.4 is 10.6 Å². The van der Waals surface area contributed by atoms with Crippen molar-refractivity contribution in [3.8, 4) is 0 Å². The van der Waals surface area contributed by atoms with Crippen molar-refractivity contribution in [3.05, 3.63) is 60.2 Å². The van der Waals surface area contributed by atoms with Gasteiger partial charge in [-0.05, 0) is 62.5 Å². The fourth-order valence-corrected chi connectivity index (χ4v) is 2.02. The minimum atomic E-state index is -0.327. The summed E-state index contributed by atoms with van der Waals surface area (Å²) in [6.45, 7) is 3.64. The topological polar surface area (TPSA) is 50.4 Å². The van der Waals surface area contributed by atoms with E-state index in [1.807, 2.05) is 44.2 Å². The van der Waals surface area contributed by atoms with Gasteiger partial charge in [-0.2, -0.15) is 0 Å². The molecule has 0 aliphatic carbocycles. The van der Waals surface area contributed by atoms with Crippen LogP contribution in [0.5, 0.6) is 0 Å². The highest BCUT2D eigenvalue weighted by atomic mass is 32.1. The third-order valence-corrected chi connectivity index (χ3v) is 2.96. The second-order valence-electron chi connectivity index (χ2n) is 4.98. The van der Waals surface area contributed by atoms with Gasteiger partial charge < -0.3 is 15.4 Å². The number of para-hydroxylation sites is 1. The van der Waals surface area contributed by atoms with Gasteiger partial charge in [-0.15, -0.1) is 0 Å². The molecule has 0 aliphatic heterocycles. The van der Waals surface area contributed by atoms with Crippen molar-refractivity contribution in [3.63, 3.8) is 0 Å². The summed E-state index contributed by atoms with van der Waals surface area (Å²) in [6, 6.07) is 16.6. The molecule has 0 radical (unpaired) electrons. The first kappa shape index (κ1) is 16.0. The maximum absolute atomic E-state index is 11.7. The van der Waals surface area contributed by atoms with E-state index >= 15 is 0 Å². The lowest BCUT2D eigenvalue weighted by molar-refractivity contribution is 0.0378. The van der Waals surface area contributed by atoms with Crippen molar-refractivity contribution < 1.29 is 9.53 Å². The normalized spacial score (nSPS) is 10.1. The van der Waals surface area contributed by atoms with Gasteiger partial charge in [0.25, 0.3) is 0 Å². The molecule has 2 aromatic carbocycles. The Morgan fingerprint density at radius 2 is 1.50 bits per heavy atom. The minimum Gasteiger partial charge on any atom is -0.459 e. The molecular formula is C17H18N2O2S. The second kappa shape index (κ2) is 7.56. The van der Waals surface area contributed by atoms with Gasteiger partial charge in [-0.25, -0.2) is 4.79 Å². The number of thiocarbonyl (C=S) groups is 1. The van der Waals surface area contributed by atoms with Crippen LogP contribution in [0.2, 0.25) is 0 Å². The van der Waals surface area contributed by atoms with E-state index in [4.69, 9.17) is 17.0 Å². The third-order valence-electron chi connectivity index (χ3n) is 2.75. The number of ether oxygens (including phenoxy) is 1. The first-order chi connectivity index (χ1) is 10.5. The first-order valence-electron chi connectivity index (χ1n) is 6.98. The highest BCUT2D eigenvalue weighted by molar-refractivity contribution is 7.80.